The zero-order valence-electron chi connectivity index (χ0n) is 27.2. The van der Waals surface area contributed by atoms with Crippen LogP contribution in [0.5, 0.6) is 5.75 Å². The lowest BCUT2D eigenvalue weighted by molar-refractivity contribution is 0.102. The maximum absolute atomic E-state index is 13.9. The van der Waals surface area contributed by atoms with Gasteiger partial charge in [-0.15, -0.1) is 5.10 Å². The molecular formula is C31H40F2N6O7S. The minimum Gasteiger partial charge on any atom is -0.492 e. The number of ether oxygens (including phenoxy) is 3. The molecule has 0 fully saturated rings. The van der Waals surface area contributed by atoms with Crippen LogP contribution in [-0.4, -0.2) is 99.1 Å². The van der Waals surface area contributed by atoms with Crippen LogP contribution in [0.1, 0.15) is 42.4 Å². The summed E-state index contributed by atoms with van der Waals surface area (Å²) in [6.45, 7) is 6.19. The molecule has 4 rings (SSSR count). The number of anilines is 2. The molecule has 3 aromatic rings. The Hall–Kier alpha value is -4.12. The van der Waals surface area contributed by atoms with E-state index in [-0.39, 0.29) is 42.5 Å². The van der Waals surface area contributed by atoms with Crippen LogP contribution in [0.4, 0.5) is 25.1 Å². The standard InChI is InChI=1S/C31H40F2N6O7S/c1-19(2)46-31(41)39-28-9-10-38(47(42,43)24-14-21(32)13-22(33)15-24)17-26(28)29(36-39)35-30(40)25-8-7-23(45-12-11-37(4)5)16-27(25)34-20(3)18-44-6/h7-8,13-16,19-20,34H,9-12,17-18H2,1-6H3,(H,35,36,40). The molecule has 0 aliphatic carbocycles. The molecule has 0 spiro atoms. The number of methoxy groups -OCH3 is 1. The van der Waals surface area contributed by atoms with E-state index >= 15 is 0 Å². The highest BCUT2D eigenvalue weighted by Gasteiger charge is 2.35. The fourth-order valence-corrected chi connectivity index (χ4v) is 6.39. The predicted molar refractivity (Wildman–Crippen MR) is 170 cm³/mol. The average Bonchev–Trinajstić information content (AvgIpc) is 3.34. The minimum atomic E-state index is -4.37. The molecule has 2 aromatic carbocycles. The van der Waals surface area contributed by atoms with Crippen molar-refractivity contribution in [2.75, 3.05) is 58.1 Å². The van der Waals surface area contributed by atoms with Gasteiger partial charge in [-0.25, -0.2) is 22.0 Å². The molecule has 0 bridgehead atoms. The zero-order chi connectivity index (χ0) is 34.5. The largest absolute Gasteiger partial charge is 0.492 e. The molecule has 0 saturated heterocycles. The number of hydrogen-bond donors (Lipinski definition) is 2. The molecule has 0 saturated carbocycles. The summed E-state index contributed by atoms with van der Waals surface area (Å²) in [6, 6.07) is 6.77. The van der Waals surface area contributed by atoms with Crippen molar-refractivity contribution in [2.45, 2.75) is 50.8 Å². The van der Waals surface area contributed by atoms with Crippen molar-refractivity contribution in [3.63, 3.8) is 0 Å². The molecule has 13 nitrogen and oxygen atoms in total. The third-order valence-corrected chi connectivity index (χ3v) is 8.92. The van der Waals surface area contributed by atoms with Crippen LogP contribution >= 0.6 is 0 Å². The van der Waals surface area contributed by atoms with Gasteiger partial charge in [0.05, 0.1) is 34.6 Å². The average molecular weight is 679 g/mol. The van der Waals surface area contributed by atoms with Gasteiger partial charge in [0.15, 0.2) is 5.82 Å². The molecule has 1 unspecified atom stereocenters. The van der Waals surface area contributed by atoms with E-state index in [1.807, 2.05) is 25.9 Å². The Morgan fingerprint density at radius 2 is 1.79 bits per heavy atom. The molecule has 1 aromatic heterocycles. The van der Waals surface area contributed by atoms with Crippen molar-refractivity contribution in [3.8, 4) is 5.75 Å². The Bertz CT molecular complexity index is 1690. The fraction of sp³-hybridized carbons (Fsp3) is 0.452. The first kappa shape index (κ1) is 35.7. The van der Waals surface area contributed by atoms with Crippen LogP contribution in [-0.2, 0) is 32.5 Å². The summed E-state index contributed by atoms with van der Waals surface area (Å²) in [4.78, 5) is 28.2. The molecule has 16 heteroatoms. The lowest BCUT2D eigenvalue weighted by Crippen LogP contribution is -2.37. The van der Waals surface area contributed by atoms with E-state index < -0.39 is 44.7 Å². The van der Waals surface area contributed by atoms with Crippen molar-refractivity contribution in [1.82, 2.24) is 19.0 Å². The summed E-state index contributed by atoms with van der Waals surface area (Å²) in [5, 5.41) is 10.3. The van der Waals surface area contributed by atoms with Gasteiger partial charge in [0, 0.05) is 56.9 Å². The smallest absolute Gasteiger partial charge is 0.435 e. The molecule has 1 aliphatic heterocycles. The number of sulfonamides is 1. The SMILES string of the molecule is COCC(C)Nc1cc(OCCN(C)C)ccc1C(=O)Nc1nn(C(=O)OC(C)C)c2c1CN(S(=O)(=O)c1cc(F)cc(F)c1)CC2. The van der Waals surface area contributed by atoms with Crippen molar-refractivity contribution in [1.29, 1.82) is 0 Å². The molecule has 1 atom stereocenters. The van der Waals surface area contributed by atoms with E-state index in [4.69, 9.17) is 14.2 Å². The maximum atomic E-state index is 13.9. The van der Waals surface area contributed by atoms with Crippen molar-refractivity contribution < 1.29 is 41.0 Å². The Morgan fingerprint density at radius 3 is 2.43 bits per heavy atom. The van der Waals surface area contributed by atoms with Crippen molar-refractivity contribution in [3.05, 3.63) is 64.9 Å². The molecule has 256 valence electrons. The number of nitrogens with one attached hydrogen (secondary N) is 2. The Morgan fingerprint density at radius 1 is 1.09 bits per heavy atom. The third-order valence-electron chi connectivity index (χ3n) is 7.10. The van der Waals surface area contributed by atoms with Gasteiger partial charge in [-0.2, -0.15) is 8.99 Å². The van der Waals surface area contributed by atoms with Gasteiger partial charge in [-0.1, -0.05) is 0 Å². The number of carbonyl (C=O) groups excluding carboxylic acids is 2. The first-order valence-corrected chi connectivity index (χ1v) is 16.4. The summed E-state index contributed by atoms with van der Waals surface area (Å²) in [7, 11) is 1.04. The number of hydrogen-bond acceptors (Lipinski definition) is 10. The summed E-state index contributed by atoms with van der Waals surface area (Å²) < 4.78 is 73.2. The van der Waals surface area contributed by atoms with Crippen LogP contribution in [0.15, 0.2) is 41.3 Å². The van der Waals surface area contributed by atoms with Crippen LogP contribution in [0.25, 0.3) is 0 Å². The monoisotopic (exact) mass is 678 g/mol. The molecule has 0 radical (unpaired) electrons. The van der Waals surface area contributed by atoms with Crippen LogP contribution in [0.2, 0.25) is 0 Å². The van der Waals surface area contributed by atoms with Gasteiger partial charge in [-0.3, -0.25) is 4.79 Å². The zero-order valence-corrected chi connectivity index (χ0v) is 28.0. The van der Waals surface area contributed by atoms with Gasteiger partial charge >= 0.3 is 6.09 Å². The molecular weight excluding hydrogens is 638 g/mol. The van der Waals surface area contributed by atoms with Gasteiger partial charge < -0.3 is 29.7 Å². The van der Waals surface area contributed by atoms with Crippen LogP contribution in [0.3, 0.4) is 0 Å². The highest BCUT2D eigenvalue weighted by molar-refractivity contribution is 7.89. The highest BCUT2D eigenvalue weighted by Crippen LogP contribution is 2.32. The fourth-order valence-electron chi connectivity index (χ4n) is 4.94. The number of rotatable bonds is 13. The van der Waals surface area contributed by atoms with Gasteiger partial charge in [0.1, 0.15) is 24.0 Å². The lowest BCUT2D eigenvalue weighted by Gasteiger charge is -2.27. The lowest BCUT2D eigenvalue weighted by atomic mass is 10.1. The molecule has 2 N–H and O–H groups in total. The van der Waals surface area contributed by atoms with Gasteiger partial charge in [0.25, 0.3) is 5.91 Å². The first-order chi connectivity index (χ1) is 22.2. The van der Waals surface area contributed by atoms with Crippen LogP contribution < -0.4 is 15.4 Å². The first-order valence-electron chi connectivity index (χ1n) is 15.0. The van der Waals surface area contributed by atoms with Crippen molar-refractivity contribution >= 4 is 33.5 Å². The number of carbonyl (C=O) groups is 2. The van der Waals surface area contributed by atoms with E-state index in [0.29, 0.717) is 43.0 Å². The molecule has 1 aliphatic rings. The summed E-state index contributed by atoms with van der Waals surface area (Å²) in [5.41, 5.74) is 1.23. The summed E-state index contributed by atoms with van der Waals surface area (Å²) in [6.07, 6.45) is -1.29. The second kappa shape index (κ2) is 15.2. The van der Waals surface area contributed by atoms with E-state index in [9.17, 15) is 26.8 Å². The number of aromatic nitrogens is 2. The van der Waals surface area contributed by atoms with Crippen molar-refractivity contribution in [2.24, 2.45) is 0 Å². The number of nitrogens with zero attached hydrogens (tertiary/aromatic N) is 4. The third kappa shape index (κ3) is 8.82. The second-order valence-corrected chi connectivity index (χ2v) is 13.6. The summed E-state index contributed by atoms with van der Waals surface area (Å²) in [5.74, 6) is -2.23. The summed E-state index contributed by atoms with van der Waals surface area (Å²) >= 11 is 0. The van der Waals surface area contributed by atoms with E-state index in [1.165, 1.54) is 0 Å². The quantitative estimate of drug-likeness (QED) is 0.273. The maximum Gasteiger partial charge on any atom is 0.435 e. The van der Waals surface area contributed by atoms with E-state index in [2.05, 4.69) is 15.7 Å². The van der Waals surface area contributed by atoms with Gasteiger partial charge in [0.2, 0.25) is 10.0 Å². The Kier molecular flexibility index (Phi) is 11.5. The number of fused-ring (bicyclic) bond motifs is 1. The highest BCUT2D eigenvalue weighted by atomic mass is 32.2. The molecule has 1 amide bonds. The van der Waals surface area contributed by atoms with Crippen LogP contribution in [0, 0.1) is 11.6 Å². The second-order valence-electron chi connectivity index (χ2n) is 11.6. The molecule has 47 heavy (non-hydrogen) atoms. The number of likely N-dealkylation sites (N-methyl/N-ethyl adjacent to an activating group) is 1. The molecule has 2 heterocycles. The minimum absolute atomic E-state index is 0.00273. The topological polar surface area (TPSA) is 144 Å². The number of amides is 1. The van der Waals surface area contributed by atoms with E-state index in [1.54, 1.807) is 39.2 Å². The Labute approximate surface area is 272 Å². The Balaban J connectivity index is 1.70. The normalized spacial score (nSPS) is 14.2. The van der Waals surface area contributed by atoms with E-state index in [0.717, 1.165) is 21.1 Å². The number of benzene rings is 2. The van der Waals surface area contributed by atoms with Gasteiger partial charge in [-0.05, 0) is 59.1 Å². The predicted octanol–water partition coefficient (Wildman–Crippen LogP) is 3.94. The number of halogens is 2.